The first kappa shape index (κ1) is 18.4. The summed E-state index contributed by atoms with van der Waals surface area (Å²) in [6.07, 6.45) is -0.0532. The monoisotopic (exact) mass is 372 g/mol. The third-order valence-electron chi connectivity index (χ3n) is 4.00. The number of hydrogen-bond acceptors (Lipinski definition) is 3. The number of benzene rings is 1. The van der Waals surface area contributed by atoms with E-state index in [0.717, 1.165) is 10.5 Å². The number of halogens is 2. The van der Waals surface area contributed by atoms with Gasteiger partial charge in [0, 0.05) is 11.5 Å². The third-order valence-corrected chi connectivity index (χ3v) is 4.00. The van der Waals surface area contributed by atoms with Gasteiger partial charge in [-0.3, -0.25) is 4.79 Å². The van der Waals surface area contributed by atoms with Crippen LogP contribution in [0, 0.1) is 0 Å². The molecule has 1 aliphatic rings. The van der Waals surface area contributed by atoms with Crippen molar-refractivity contribution in [2.45, 2.75) is 12.8 Å². The van der Waals surface area contributed by atoms with Gasteiger partial charge in [0.05, 0.1) is 12.4 Å². The van der Waals surface area contributed by atoms with E-state index in [-0.39, 0.29) is 12.4 Å². The lowest BCUT2D eigenvalue weighted by Crippen LogP contribution is -2.54. The first-order chi connectivity index (χ1) is 13.0. The average Bonchev–Trinajstić information content (AvgIpc) is 2.68. The summed E-state index contributed by atoms with van der Waals surface area (Å²) in [4.78, 5) is 29.6. The quantitative estimate of drug-likeness (QED) is 0.509. The largest absolute Gasteiger partial charge is 0.506 e. The molecule has 0 unspecified atom stereocenters. The second kappa shape index (κ2) is 7.86. The predicted molar refractivity (Wildman–Crippen MR) is 92.4 cm³/mol. The minimum Gasteiger partial charge on any atom is -0.506 e. The summed E-state index contributed by atoms with van der Waals surface area (Å²) in [6, 6.07) is 13.1. The number of alkyl halides is 2. The molecule has 3 rings (SSSR count). The number of rotatable bonds is 4. The summed E-state index contributed by atoms with van der Waals surface area (Å²) in [7, 11) is 0. The highest BCUT2D eigenvalue weighted by Crippen LogP contribution is 2.20. The Morgan fingerprint density at radius 2 is 1.70 bits per heavy atom. The maximum absolute atomic E-state index is 13.1. The molecule has 6 nitrogen and oxygen atoms in total. The molecule has 27 heavy (non-hydrogen) atoms. The van der Waals surface area contributed by atoms with E-state index in [9.17, 15) is 23.5 Å². The number of aliphatic hydroxyl groups is 1. The summed E-state index contributed by atoms with van der Waals surface area (Å²) in [5.74, 6) is -2.75. The highest BCUT2D eigenvalue weighted by molar-refractivity contribution is 6.26. The minimum absolute atomic E-state index is 0.0437. The lowest BCUT2D eigenvalue weighted by molar-refractivity contribution is -0.554. The van der Waals surface area contributed by atoms with Crippen molar-refractivity contribution < 1.29 is 28.0 Å². The van der Waals surface area contributed by atoms with Crippen LogP contribution >= 0.6 is 0 Å². The Hall–Kier alpha value is -3.42. The Bertz CT molecular complexity index is 912. The fourth-order valence-corrected chi connectivity index (χ4v) is 2.67. The van der Waals surface area contributed by atoms with Gasteiger partial charge in [0.1, 0.15) is 0 Å². The summed E-state index contributed by atoms with van der Waals surface area (Å²) < 4.78 is 27.5. The Morgan fingerprint density at radius 1 is 1.07 bits per heavy atom. The zero-order valence-corrected chi connectivity index (χ0v) is 14.1. The van der Waals surface area contributed by atoms with E-state index >= 15 is 0 Å². The number of allylic oxidation sites excluding steroid dienone is 1. The fraction of sp³-hybridized carbons (Fsp3) is 0.158. The smallest absolute Gasteiger partial charge is 0.460 e. The molecule has 3 amide bonds. The van der Waals surface area contributed by atoms with Crippen molar-refractivity contribution in [3.63, 3.8) is 0 Å². The van der Waals surface area contributed by atoms with Crippen molar-refractivity contribution in [3.05, 3.63) is 77.8 Å². The molecule has 1 aliphatic heterocycles. The van der Waals surface area contributed by atoms with Gasteiger partial charge in [0.25, 0.3) is 12.3 Å². The van der Waals surface area contributed by atoms with E-state index in [1.54, 1.807) is 18.2 Å². The molecule has 0 saturated heterocycles. The number of nitrogens with zero attached hydrogens (tertiary/aromatic N) is 3. The Balaban J connectivity index is 1.98. The summed E-state index contributed by atoms with van der Waals surface area (Å²) in [6.45, 7) is -0.0437. The second-order valence-electron chi connectivity index (χ2n) is 5.75. The molecule has 1 aromatic carbocycles. The summed E-state index contributed by atoms with van der Waals surface area (Å²) >= 11 is 0. The number of carbonyl (C=O) groups is 2. The highest BCUT2D eigenvalue weighted by Gasteiger charge is 2.44. The molecule has 0 bridgehead atoms. The molecule has 138 valence electrons. The topological polar surface area (TPSA) is 73.9 Å². The summed E-state index contributed by atoms with van der Waals surface area (Å²) in [5, 5.41) is 9.82. The first-order valence-corrected chi connectivity index (χ1v) is 8.16. The molecular weight excluding hydrogens is 356 g/mol. The molecule has 1 N–H and O–H groups in total. The maximum Gasteiger partial charge on any atom is 0.460 e. The zero-order valence-electron chi connectivity index (χ0n) is 14.1. The standard InChI is InChI=1S/C19H15F2N3O3/c20-16(21)15(25)14-17(23-10-5-2-6-11-23)22-19(27)24(18(14)26)12-9-13-7-3-1-4-8-13/h1-8,10-11,16H,9,12H2/p+1. The molecule has 0 fully saturated rings. The van der Waals surface area contributed by atoms with Crippen molar-refractivity contribution in [1.29, 1.82) is 0 Å². The normalized spacial score (nSPS) is 16.6. The molecule has 2 heterocycles. The number of amides is 3. The molecule has 8 heteroatoms. The highest BCUT2D eigenvalue weighted by atomic mass is 19.3. The van der Waals surface area contributed by atoms with Gasteiger partial charge < -0.3 is 5.11 Å². The maximum atomic E-state index is 13.1. The van der Waals surface area contributed by atoms with Crippen LogP contribution in [0.2, 0.25) is 0 Å². The van der Waals surface area contributed by atoms with Gasteiger partial charge in [-0.1, -0.05) is 36.4 Å². The number of aliphatic imine (C=N–C) groups is 1. The van der Waals surface area contributed by atoms with Crippen molar-refractivity contribution in [1.82, 2.24) is 4.90 Å². The number of carbonyl (C=O) groups excluding carboxylic acids is 2. The van der Waals surface area contributed by atoms with Crippen LogP contribution in [-0.4, -0.2) is 40.8 Å². The van der Waals surface area contributed by atoms with E-state index in [1.165, 1.54) is 17.0 Å². The van der Waals surface area contributed by atoms with Crippen LogP contribution in [-0.2, 0) is 11.2 Å². The molecule has 0 spiro atoms. The van der Waals surface area contributed by atoms with Crippen molar-refractivity contribution in [2.24, 2.45) is 4.99 Å². The van der Waals surface area contributed by atoms with Gasteiger partial charge in [-0.05, 0) is 24.1 Å². The summed E-state index contributed by atoms with van der Waals surface area (Å²) in [5.41, 5.74) is 0.183. The van der Waals surface area contributed by atoms with Crippen LogP contribution in [0.4, 0.5) is 13.6 Å². The molecule has 0 radical (unpaired) electrons. The third kappa shape index (κ3) is 3.89. The molecule has 0 atom stereocenters. The fourth-order valence-electron chi connectivity index (χ4n) is 2.67. The van der Waals surface area contributed by atoms with Gasteiger partial charge >= 0.3 is 11.9 Å². The van der Waals surface area contributed by atoms with E-state index < -0.39 is 29.7 Å². The van der Waals surface area contributed by atoms with Crippen LogP contribution in [0.1, 0.15) is 5.56 Å². The average molecular weight is 372 g/mol. The van der Waals surface area contributed by atoms with Crippen molar-refractivity contribution in [2.75, 3.05) is 6.54 Å². The van der Waals surface area contributed by atoms with Crippen LogP contribution in [0.5, 0.6) is 0 Å². The molecular formula is C19H16F2N3O3+. The number of hydrogen-bond donors (Lipinski definition) is 1. The van der Waals surface area contributed by atoms with Crippen molar-refractivity contribution >= 4 is 17.8 Å². The van der Waals surface area contributed by atoms with Crippen molar-refractivity contribution in [3.8, 4) is 0 Å². The van der Waals surface area contributed by atoms with E-state index in [0.29, 0.717) is 6.42 Å². The van der Waals surface area contributed by atoms with Crippen LogP contribution < -0.4 is 4.57 Å². The number of aromatic nitrogens is 1. The number of imide groups is 1. The number of pyridine rings is 1. The number of aliphatic hydroxyl groups excluding tert-OH is 1. The molecule has 0 aliphatic carbocycles. The second-order valence-corrected chi connectivity index (χ2v) is 5.75. The molecule has 0 saturated carbocycles. The predicted octanol–water partition coefficient (Wildman–Crippen LogP) is 2.50. The molecule has 1 aromatic heterocycles. The Morgan fingerprint density at radius 3 is 2.33 bits per heavy atom. The van der Waals surface area contributed by atoms with Gasteiger partial charge in [-0.25, -0.2) is 23.0 Å². The SMILES string of the molecule is O=C1N=C([n+]2ccccc2)/C(=C(\O)C(F)F)C(=O)N1CCc1ccccc1. The Kier molecular flexibility index (Phi) is 5.35. The van der Waals surface area contributed by atoms with Gasteiger partial charge in [0.15, 0.2) is 11.3 Å². The lowest BCUT2D eigenvalue weighted by Gasteiger charge is -2.21. The van der Waals surface area contributed by atoms with E-state index in [2.05, 4.69) is 4.99 Å². The first-order valence-electron chi connectivity index (χ1n) is 8.16. The minimum atomic E-state index is -3.28. The van der Waals surface area contributed by atoms with Gasteiger partial charge in [-0.2, -0.15) is 0 Å². The Labute approximate surface area is 153 Å². The lowest BCUT2D eigenvalue weighted by atomic mass is 10.1. The van der Waals surface area contributed by atoms with Crippen LogP contribution in [0.25, 0.3) is 0 Å². The van der Waals surface area contributed by atoms with Gasteiger partial charge in [0.2, 0.25) is 0 Å². The van der Waals surface area contributed by atoms with Gasteiger partial charge in [-0.15, -0.1) is 0 Å². The molecule has 2 aromatic rings. The number of urea groups is 1. The van der Waals surface area contributed by atoms with E-state index in [4.69, 9.17) is 0 Å². The zero-order chi connectivity index (χ0) is 19.4. The van der Waals surface area contributed by atoms with Crippen LogP contribution in [0.3, 0.4) is 0 Å². The van der Waals surface area contributed by atoms with E-state index in [1.807, 2.05) is 30.3 Å². The van der Waals surface area contributed by atoms with Crippen LogP contribution in [0.15, 0.2) is 77.2 Å².